The molecule has 1 aromatic carbocycles. The first kappa shape index (κ1) is 21.8. The van der Waals surface area contributed by atoms with E-state index in [-0.39, 0.29) is 18.5 Å². The quantitative estimate of drug-likeness (QED) is 0.167. The maximum absolute atomic E-state index is 12.1. The predicted molar refractivity (Wildman–Crippen MR) is 108 cm³/mol. The van der Waals surface area contributed by atoms with Gasteiger partial charge in [-0.3, -0.25) is 4.79 Å². The van der Waals surface area contributed by atoms with Crippen molar-refractivity contribution in [1.82, 2.24) is 10.2 Å². The second-order valence-corrected chi connectivity index (χ2v) is 7.19. The maximum atomic E-state index is 12.1. The molecule has 156 valence electrons. The van der Waals surface area contributed by atoms with Gasteiger partial charge in [0.1, 0.15) is 5.75 Å². The number of likely N-dealkylation sites (tertiary alicyclic amines) is 1. The highest BCUT2D eigenvalue weighted by Crippen LogP contribution is 2.22. The van der Waals surface area contributed by atoms with Crippen LogP contribution in [0.5, 0.6) is 5.75 Å². The van der Waals surface area contributed by atoms with Gasteiger partial charge in [-0.2, -0.15) is 0 Å². The second-order valence-electron chi connectivity index (χ2n) is 7.19. The number of ether oxygens (including phenoxy) is 1. The summed E-state index contributed by atoms with van der Waals surface area (Å²) in [5.74, 6) is 1.47. The first-order valence-electron chi connectivity index (χ1n) is 9.90. The van der Waals surface area contributed by atoms with Crippen LogP contribution in [0.15, 0.2) is 23.4 Å². The van der Waals surface area contributed by atoms with Gasteiger partial charge in [-0.25, -0.2) is 0 Å². The van der Waals surface area contributed by atoms with E-state index < -0.39 is 0 Å². The van der Waals surface area contributed by atoms with Gasteiger partial charge in [-0.05, 0) is 68.7 Å². The number of aliphatic hydroxyl groups excluding tert-OH is 1. The molecule has 0 saturated carbocycles. The lowest BCUT2D eigenvalue weighted by Gasteiger charge is -2.32. The molecule has 0 unspecified atom stereocenters. The number of hydrogen-bond donors (Lipinski definition) is 4. The topological polar surface area (TPSA) is 120 Å². The Kier molecular flexibility index (Phi) is 8.87. The molecule has 1 aromatic rings. The fourth-order valence-corrected chi connectivity index (χ4v) is 3.43. The third kappa shape index (κ3) is 6.60. The Morgan fingerprint density at radius 1 is 1.36 bits per heavy atom. The molecule has 1 aliphatic rings. The number of rotatable bonds is 9. The van der Waals surface area contributed by atoms with Crippen LogP contribution < -0.4 is 15.8 Å². The van der Waals surface area contributed by atoms with Crippen molar-refractivity contribution >= 4 is 11.9 Å². The predicted octanol–water partition coefficient (Wildman–Crippen LogP) is 1.68. The number of carbonyl (C=O) groups excluding carboxylic acids is 1. The van der Waals surface area contributed by atoms with Gasteiger partial charge >= 0.3 is 0 Å². The van der Waals surface area contributed by atoms with Crippen molar-refractivity contribution in [3.05, 3.63) is 29.3 Å². The Hall–Kier alpha value is -2.48. The van der Waals surface area contributed by atoms with Crippen LogP contribution >= 0.6 is 0 Å². The lowest BCUT2D eigenvalue weighted by molar-refractivity contribution is 0.0950. The van der Waals surface area contributed by atoms with Gasteiger partial charge in [0.2, 0.25) is 5.96 Å². The molecule has 2 rings (SSSR count). The molecule has 8 heteroatoms. The van der Waals surface area contributed by atoms with Gasteiger partial charge in [0, 0.05) is 31.8 Å². The lowest BCUT2D eigenvalue weighted by Crippen LogP contribution is -2.42. The summed E-state index contributed by atoms with van der Waals surface area (Å²) in [5, 5.41) is 23.3. The number of nitrogens with two attached hydrogens (primary N) is 1. The molecule has 0 atom stereocenters. The summed E-state index contributed by atoms with van der Waals surface area (Å²) in [5.41, 5.74) is 7.12. The smallest absolute Gasteiger partial charge is 0.251 e. The van der Waals surface area contributed by atoms with E-state index in [2.05, 4.69) is 10.5 Å². The number of aliphatic hydroxyl groups is 1. The van der Waals surface area contributed by atoms with Crippen LogP contribution in [-0.2, 0) is 0 Å². The molecule has 1 saturated heterocycles. The number of aryl methyl sites for hydroxylation is 1. The van der Waals surface area contributed by atoms with Gasteiger partial charge in [0.15, 0.2) is 0 Å². The summed E-state index contributed by atoms with van der Waals surface area (Å²) in [6.07, 6.45) is 4.68. The van der Waals surface area contributed by atoms with E-state index >= 15 is 0 Å². The van der Waals surface area contributed by atoms with Crippen LogP contribution in [0.1, 0.15) is 48.0 Å². The second kappa shape index (κ2) is 11.4. The standard InChI is InChI=1S/C20H32N4O4/c1-15-14-17(5-6-18(15)19(26)22-9-3-12-25)28-13-2-4-16-7-10-24(11-8-16)20(21)23-27/h5-6,14,16,25,27H,2-4,7-13H2,1H3,(H2,21,23)(H,22,26). The largest absolute Gasteiger partial charge is 0.494 e. The molecular formula is C20H32N4O4. The van der Waals surface area contributed by atoms with E-state index in [9.17, 15) is 4.79 Å². The summed E-state index contributed by atoms with van der Waals surface area (Å²) < 4.78 is 5.84. The molecule has 0 aromatic heterocycles. The number of oxime groups is 1. The van der Waals surface area contributed by atoms with Crippen molar-refractivity contribution in [2.45, 2.75) is 39.0 Å². The van der Waals surface area contributed by atoms with Gasteiger partial charge in [-0.1, -0.05) is 5.16 Å². The molecule has 1 aliphatic heterocycles. The number of hydrogen-bond acceptors (Lipinski definition) is 5. The number of amides is 1. The Bertz CT molecular complexity index is 658. The minimum Gasteiger partial charge on any atom is -0.494 e. The Balaban J connectivity index is 1.69. The average Bonchev–Trinajstić information content (AvgIpc) is 2.71. The molecule has 0 radical (unpaired) electrons. The molecule has 0 spiro atoms. The lowest BCUT2D eigenvalue weighted by atomic mass is 9.92. The number of guanidine groups is 1. The highest BCUT2D eigenvalue weighted by atomic mass is 16.5. The third-order valence-electron chi connectivity index (χ3n) is 5.13. The average molecular weight is 393 g/mol. The highest BCUT2D eigenvalue weighted by Gasteiger charge is 2.20. The van der Waals surface area contributed by atoms with Crippen molar-refractivity contribution in [3.63, 3.8) is 0 Å². The van der Waals surface area contributed by atoms with E-state index in [0.717, 1.165) is 50.1 Å². The van der Waals surface area contributed by atoms with Crippen molar-refractivity contribution in [2.24, 2.45) is 16.8 Å². The normalized spacial score (nSPS) is 15.5. The molecule has 5 N–H and O–H groups in total. The van der Waals surface area contributed by atoms with E-state index in [4.69, 9.17) is 20.8 Å². The van der Waals surface area contributed by atoms with Gasteiger partial charge in [0.25, 0.3) is 5.91 Å². The van der Waals surface area contributed by atoms with Crippen molar-refractivity contribution in [3.8, 4) is 5.75 Å². The zero-order valence-corrected chi connectivity index (χ0v) is 16.6. The van der Waals surface area contributed by atoms with E-state index in [1.165, 1.54) is 0 Å². The molecule has 1 amide bonds. The zero-order chi connectivity index (χ0) is 20.4. The molecule has 28 heavy (non-hydrogen) atoms. The number of nitrogens with one attached hydrogen (secondary N) is 1. The number of nitrogens with zero attached hydrogens (tertiary/aromatic N) is 2. The minimum absolute atomic E-state index is 0.0656. The van der Waals surface area contributed by atoms with Crippen LogP contribution in [0, 0.1) is 12.8 Å². The van der Waals surface area contributed by atoms with Gasteiger partial charge in [-0.15, -0.1) is 0 Å². The first-order valence-corrected chi connectivity index (χ1v) is 9.90. The summed E-state index contributed by atoms with van der Waals surface area (Å²) in [6.45, 7) is 4.71. The molecule has 0 bridgehead atoms. The maximum Gasteiger partial charge on any atom is 0.251 e. The monoisotopic (exact) mass is 392 g/mol. The number of benzene rings is 1. The van der Waals surface area contributed by atoms with Crippen LogP contribution in [0.2, 0.25) is 0 Å². The molecule has 0 aliphatic carbocycles. The summed E-state index contributed by atoms with van der Waals surface area (Å²) in [4.78, 5) is 14.0. The van der Waals surface area contributed by atoms with Crippen LogP contribution in [0.25, 0.3) is 0 Å². The summed E-state index contributed by atoms with van der Waals surface area (Å²) >= 11 is 0. The molecule has 1 heterocycles. The van der Waals surface area contributed by atoms with E-state index in [1.807, 2.05) is 24.0 Å². The fraction of sp³-hybridized carbons (Fsp3) is 0.600. The van der Waals surface area contributed by atoms with Crippen molar-refractivity contribution in [2.75, 3.05) is 32.8 Å². The van der Waals surface area contributed by atoms with E-state index in [0.29, 0.717) is 31.1 Å². The van der Waals surface area contributed by atoms with Crippen LogP contribution in [0.4, 0.5) is 0 Å². The van der Waals surface area contributed by atoms with Crippen LogP contribution in [0.3, 0.4) is 0 Å². The Morgan fingerprint density at radius 3 is 2.75 bits per heavy atom. The van der Waals surface area contributed by atoms with E-state index in [1.54, 1.807) is 6.07 Å². The third-order valence-corrected chi connectivity index (χ3v) is 5.13. The molecule has 8 nitrogen and oxygen atoms in total. The minimum atomic E-state index is -0.129. The summed E-state index contributed by atoms with van der Waals surface area (Å²) in [6, 6.07) is 5.49. The van der Waals surface area contributed by atoms with Gasteiger partial charge in [0.05, 0.1) is 6.61 Å². The zero-order valence-electron chi connectivity index (χ0n) is 16.6. The Morgan fingerprint density at radius 2 is 2.11 bits per heavy atom. The number of carbonyl (C=O) groups is 1. The highest BCUT2D eigenvalue weighted by molar-refractivity contribution is 5.95. The number of piperidine rings is 1. The van der Waals surface area contributed by atoms with Crippen molar-refractivity contribution < 1.29 is 19.8 Å². The first-order chi connectivity index (χ1) is 13.5. The SMILES string of the molecule is Cc1cc(OCCCC2CCN(C(N)=NO)CC2)ccc1C(=O)NCCCO. The summed E-state index contributed by atoms with van der Waals surface area (Å²) in [7, 11) is 0. The van der Waals surface area contributed by atoms with Gasteiger partial charge < -0.3 is 31.0 Å². The Labute approximate surface area is 166 Å². The molecule has 1 fully saturated rings. The van der Waals surface area contributed by atoms with Crippen LogP contribution in [-0.4, -0.2) is 59.9 Å². The van der Waals surface area contributed by atoms with Crippen molar-refractivity contribution in [1.29, 1.82) is 0 Å². The molecular weight excluding hydrogens is 360 g/mol. The fourth-order valence-electron chi connectivity index (χ4n) is 3.43.